The fourth-order valence-corrected chi connectivity index (χ4v) is 1.16. The van der Waals surface area contributed by atoms with E-state index in [1.165, 1.54) is 0 Å². The summed E-state index contributed by atoms with van der Waals surface area (Å²) in [5.74, 6) is -2.11. The van der Waals surface area contributed by atoms with Gasteiger partial charge in [0.05, 0.1) is 13.0 Å². The molecule has 0 amide bonds. The molecule has 1 aromatic carbocycles. The summed E-state index contributed by atoms with van der Waals surface area (Å²) in [5.41, 5.74) is 0.755. The van der Waals surface area contributed by atoms with Gasteiger partial charge in [-0.05, 0) is 5.56 Å². The van der Waals surface area contributed by atoms with Gasteiger partial charge in [-0.1, -0.05) is 30.3 Å². The number of carbonyl (C=O) groups is 1. The molecule has 0 aliphatic rings. The Kier molecular flexibility index (Phi) is 5.26. The summed E-state index contributed by atoms with van der Waals surface area (Å²) in [6.45, 7) is -0.380. The van der Waals surface area contributed by atoms with Crippen LogP contribution in [0.15, 0.2) is 42.2 Å². The summed E-state index contributed by atoms with van der Waals surface area (Å²) in [6, 6.07) is 8.82. The highest BCUT2D eigenvalue weighted by molar-refractivity contribution is 5.72. The van der Waals surface area contributed by atoms with Crippen molar-refractivity contribution in [1.82, 2.24) is 0 Å². The van der Waals surface area contributed by atoms with E-state index in [0.717, 1.165) is 5.56 Å². The predicted molar refractivity (Wildman–Crippen MR) is 56.1 cm³/mol. The molecule has 0 aromatic heterocycles. The Morgan fingerprint density at radius 1 is 1.12 bits per heavy atom. The van der Waals surface area contributed by atoms with Crippen molar-refractivity contribution in [1.29, 1.82) is 0 Å². The van der Waals surface area contributed by atoms with Gasteiger partial charge in [-0.2, -0.15) is 8.78 Å². The van der Waals surface area contributed by atoms with E-state index in [-0.39, 0.29) is 13.0 Å². The number of halogens is 3. The predicted octanol–water partition coefficient (Wildman–Crippen LogP) is 3.24. The van der Waals surface area contributed by atoms with Crippen molar-refractivity contribution < 1.29 is 22.7 Å². The van der Waals surface area contributed by atoms with E-state index in [1.807, 2.05) is 0 Å². The molecule has 0 saturated heterocycles. The maximum absolute atomic E-state index is 12.3. The smallest absolute Gasteiger partial charge is 0.310 e. The van der Waals surface area contributed by atoms with Gasteiger partial charge in [-0.15, -0.1) is 0 Å². The average Bonchev–Trinajstić information content (AvgIpc) is 2.30. The first-order valence-electron chi connectivity index (χ1n) is 4.99. The number of hydrogen-bond donors (Lipinski definition) is 0. The summed E-state index contributed by atoms with van der Waals surface area (Å²) in [6.07, 6.45) is -2.92. The molecule has 0 aliphatic carbocycles. The van der Waals surface area contributed by atoms with Gasteiger partial charge in [-0.3, -0.25) is 4.79 Å². The maximum Gasteiger partial charge on any atom is 0.310 e. The molecule has 0 spiro atoms. The van der Waals surface area contributed by atoms with Crippen LogP contribution in [0.1, 0.15) is 12.0 Å². The highest BCUT2D eigenvalue weighted by atomic mass is 19.3. The van der Waals surface area contributed by atoms with E-state index in [2.05, 4.69) is 4.74 Å². The molecule has 2 nitrogen and oxygen atoms in total. The molecular formula is C12H11F3O2. The number of rotatable bonds is 5. The number of benzene rings is 1. The fraction of sp³-hybridized carbons (Fsp3) is 0.250. The Morgan fingerprint density at radius 3 is 2.35 bits per heavy atom. The normalized spacial score (nSPS) is 9.82. The number of hydrogen-bond acceptors (Lipinski definition) is 2. The van der Waals surface area contributed by atoms with Crippen LogP contribution in [0, 0.1) is 0 Å². The Balaban J connectivity index is 2.30. The number of carbonyl (C=O) groups excluding carboxylic acids is 1. The van der Waals surface area contributed by atoms with E-state index in [9.17, 15) is 18.0 Å². The molecule has 0 radical (unpaired) electrons. The first-order valence-corrected chi connectivity index (χ1v) is 4.99. The zero-order valence-electron chi connectivity index (χ0n) is 8.96. The van der Waals surface area contributed by atoms with E-state index in [4.69, 9.17) is 0 Å². The van der Waals surface area contributed by atoms with Crippen LogP contribution in [-0.2, 0) is 16.0 Å². The molecule has 0 heterocycles. The fourth-order valence-electron chi connectivity index (χ4n) is 1.16. The van der Waals surface area contributed by atoms with Gasteiger partial charge in [0.25, 0.3) is 0 Å². The van der Waals surface area contributed by atoms with Crippen molar-refractivity contribution in [3.05, 3.63) is 47.8 Å². The highest BCUT2D eigenvalue weighted by Crippen LogP contribution is 2.12. The van der Waals surface area contributed by atoms with Crippen LogP contribution in [0.3, 0.4) is 0 Å². The van der Waals surface area contributed by atoms with Gasteiger partial charge < -0.3 is 4.74 Å². The molecule has 1 aromatic rings. The van der Waals surface area contributed by atoms with Crippen molar-refractivity contribution in [2.45, 2.75) is 12.8 Å². The molecular weight excluding hydrogens is 233 g/mol. The van der Waals surface area contributed by atoms with Crippen LogP contribution in [0.2, 0.25) is 0 Å². The van der Waals surface area contributed by atoms with Gasteiger partial charge in [0, 0.05) is 6.42 Å². The van der Waals surface area contributed by atoms with Crippen molar-refractivity contribution >= 4 is 5.97 Å². The molecule has 0 atom stereocenters. The second kappa shape index (κ2) is 6.73. The summed E-state index contributed by atoms with van der Waals surface area (Å²) in [7, 11) is 0. The van der Waals surface area contributed by atoms with E-state index in [0.29, 0.717) is 0 Å². The molecule has 0 unspecified atom stereocenters. The monoisotopic (exact) mass is 244 g/mol. The van der Waals surface area contributed by atoms with Crippen molar-refractivity contribution in [3.63, 3.8) is 0 Å². The van der Waals surface area contributed by atoms with Crippen molar-refractivity contribution in [3.8, 4) is 0 Å². The Labute approximate surface area is 96.7 Å². The number of ether oxygens (including phenoxy) is 1. The first-order chi connectivity index (χ1) is 8.09. The SMILES string of the molecule is O=C(Cc1ccccc1)OCCC(F)=C(F)F. The molecule has 17 heavy (non-hydrogen) atoms. The molecule has 0 saturated carbocycles. The third-order valence-electron chi connectivity index (χ3n) is 1.98. The molecule has 0 bridgehead atoms. The van der Waals surface area contributed by atoms with Crippen molar-refractivity contribution in [2.75, 3.05) is 6.61 Å². The van der Waals surface area contributed by atoms with Crippen LogP contribution in [0.25, 0.3) is 0 Å². The minimum Gasteiger partial charge on any atom is -0.465 e. The van der Waals surface area contributed by atoms with Gasteiger partial charge in [-0.25, -0.2) is 4.39 Å². The Hall–Kier alpha value is -1.78. The minimum atomic E-state index is -2.37. The van der Waals surface area contributed by atoms with E-state index < -0.39 is 24.3 Å². The second-order valence-corrected chi connectivity index (χ2v) is 3.30. The second-order valence-electron chi connectivity index (χ2n) is 3.30. The third kappa shape index (κ3) is 5.19. The van der Waals surface area contributed by atoms with Crippen LogP contribution < -0.4 is 0 Å². The zero-order chi connectivity index (χ0) is 12.7. The zero-order valence-corrected chi connectivity index (χ0v) is 8.96. The average molecular weight is 244 g/mol. The van der Waals surface area contributed by atoms with Gasteiger partial charge in [0.15, 0.2) is 5.83 Å². The minimum absolute atomic E-state index is 0.0459. The summed E-state index contributed by atoms with van der Waals surface area (Å²) >= 11 is 0. The van der Waals surface area contributed by atoms with Crippen LogP contribution in [-0.4, -0.2) is 12.6 Å². The number of esters is 1. The van der Waals surface area contributed by atoms with Gasteiger partial charge >= 0.3 is 12.0 Å². The molecule has 0 fully saturated rings. The van der Waals surface area contributed by atoms with Crippen LogP contribution in [0.5, 0.6) is 0 Å². The standard InChI is InChI=1S/C12H11F3O2/c13-10(12(14)15)6-7-17-11(16)8-9-4-2-1-3-5-9/h1-5H,6-8H2. The topological polar surface area (TPSA) is 26.3 Å². The summed E-state index contributed by atoms with van der Waals surface area (Å²) in [5, 5.41) is 0. The molecule has 0 aliphatic heterocycles. The van der Waals surface area contributed by atoms with Gasteiger partial charge in [0.2, 0.25) is 0 Å². The molecule has 1 rings (SSSR count). The largest absolute Gasteiger partial charge is 0.465 e. The molecule has 92 valence electrons. The van der Waals surface area contributed by atoms with E-state index >= 15 is 0 Å². The highest BCUT2D eigenvalue weighted by Gasteiger charge is 2.08. The quantitative estimate of drug-likeness (QED) is 0.743. The third-order valence-corrected chi connectivity index (χ3v) is 1.98. The molecule has 0 N–H and O–H groups in total. The lowest BCUT2D eigenvalue weighted by molar-refractivity contribution is -0.142. The summed E-state index contributed by atoms with van der Waals surface area (Å²) in [4.78, 5) is 11.2. The lowest BCUT2D eigenvalue weighted by Gasteiger charge is -2.03. The first kappa shape index (κ1) is 13.3. The van der Waals surface area contributed by atoms with Gasteiger partial charge in [0.1, 0.15) is 0 Å². The van der Waals surface area contributed by atoms with Crippen LogP contribution in [0.4, 0.5) is 13.2 Å². The Morgan fingerprint density at radius 2 is 1.76 bits per heavy atom. The Bertz CT molecular complexity index is 397. The summed E-state index contributed by atoms with van der Waals surface area (Å²) < 4.78 is 40.3. The van der Waals surface area contributed by atoms with E-state index in [1.54, 1.807) is 30.3 Å². The lowest BCUT2D eigenvalue weighted by Crippen LogP contribution is -2.09. The maximum atomic E-state index is 12.3. The van der Waals surface area contributed by atoms with Crippen LogP contribution >= 0.6 is 0 Å². The van der Waals surface area contributed by atoms with Crippen molar-refractivity contribution in [2.24, 2.45) is 0 Å². The lowest BCUT2D eigenvalue weighted by atomic mass is 10.2. The molecule has 5 heteroatoms.